The van der Waals surface area contributed by atoms with Crippen LogP contribution in [0.25, 0.3) is 0 Å². The molecule has 8 nitrogen and oxygen atoms in total. The van der Waals surface area contributed by atoms with Crippen molar-refractivity contribution in [2.45, 2.75) is 5.75 Å². The van der Waals surface area contributed by atoms with Gasteiger partial charge in [0.2, 0.25) is 5.91 Å². The van der Waals surface area contributed by atoms with Crippen LogP contribution in [0.4, 0.5) is 20.2 Å². The van der Waals surface area contributed by atoms with Crippen LogP contribution in [0.1, 0.15) is 15.9 Å². The summed E-state index contributed by atoms with van der Waals surface area (Å²) in [6, 6.07) is 5.75. The van der Waals surface area contributed by atoms with Gasteiger partial charge in [0.15, 0.2) is 5.75 Å². The summed E-state index contributed by atoms with van der Waals surface area (Å²) in [6.45, 7) is 0. The van der Waals surface area contributed by atoms with Crippen LogP contribution < -0.4 is 10.1 Å². The van der Waals surface area contributed by atoms with Gasteiger partial charge in [0.25, 0.3) is 0 Å². The van der Waals surface area contributed by atoms with Crippen molar-refractivity contribution in [1.82, 2.24) is 0 Å². The highest BCUT2D eigenvalue weighted by molar-refractivity contribution is 7.99. The number of hydrogen-bond donors (Lipinski definition) is 1. The number of amides is 1. The van der Waals surface area contributed by atoms with Crippen LogP contribution in [-0.4, -0.2) is 36.8 Å². The molecule has 0 aromatic heterocycles. The lowest BCUT2D eigenvalue weighted by molar-refractivity contribution is -0.385. The molecule has 2 rings (SSSR count). The SMILES string of the molecule is COC(=O)c1cc(NC(=O)CSCc2ccc(OC)c([N+](=O)[O-])c2)c(F)cc1F. The van der Waals surface area contributed by atoms with Gasteiger partial charge < -0.3 is 14.8 Å². The molecule has 2 aromatic rings. The Kier molecular flexibility index (Phi) is 7.48. The maximum absolute atomic E-state index is 13.8. The predicted octanol–water partition coefficient (Wildman–Crippen LogP) is 3.54. The lowest BCUT2D eigenvalue weighted by atomic mass is 10.1. The third kappa shape index (κ3) is 5.64. The zero-order valence-electron chi connectivity index (χ0n) is 15.4. The lowest BCUT2D eigenvalue weighted by Crippen LogP contribution is -2.16. The highest BCUT2D eigenvalue weighted by Gasteiger charge is 2.18. The normalized spacial score (nSPS) is 10.3. The van der Waals surface area contributed by atoms with Crippen LogP contribution in [-0.2, 0) is 15.3 Å². The van der Waals surface area contributed by atoms with Gasteiger partial charge in [-0.25, -0.2) is 13.6 Å². The topological polar surface area (TPSA) is 108 Å². The summed E-state index contributed by atoms with van der Waals surface area (Å²) >= 11 is 1.13. The van der Waals surface area contributed by atoms with Crippen LogP contribution in [0, 0.1) is 21.7 Å². The van der Waals surface area contributed by atoms with Crippen LogP contribution in [0.15, 0.2) is 30.3 Å². The monoisotopic (exact) mass is 426 g/mol. The number of anilines is 1. The van der Waals surface area contributed by atoms with E-state index in [9.17, 15) is 28.5 Å². The number of rotatable bonds is 8. The van der Waals surface area contributed by atoms with E-state index in [1.807, 2.05) is 0 Å². The number of carbonyl (C=O) groups excluding carboxylic acids is 2. The van der Waals surface area contributed by atoms with E-state index < -0.39 is 34.0 Å². The van der Waals surface area contributed by atoms with Crippen molar-refractivity contribution in [2.75, 3.05) is 25.3 Å². The molecule has 1 N–H and O–H groups in total. The third-order valence-corrected chi connectivity index (χ3v) is 4.68. The predicted molar refractivity (Wildman–Crippen MR) is 102 cm³/mol. The zero-order valence-corrected chi connectivity index (χ0v) is 16.2. The highest BCUT2D eigenvalue weighted by atomic mass is 32.2. The van der Waals surface area contributed by atoms with Crippen molar-refractivity contribution in [2.24, 2.45) is 0 Å². The first-order valence-electron chi connectivity index (χ1n) is 8.03. The Bertz CT molecular complexity index is 954. The van der Waals surface area contributed by atoms with Crippen molar-refractivity contribution in [3.63, 3.8) is 0 Å². The van der Waals surface area contributed by atoms with Gasteiger partial charge in [-0.3, -0.25) is 14.9 Å². The highest BCUT2D eigenvalue weighted by Crippen LogP contribution is 2.29. The number of hydrogen-bond acceptors (Lipinski definition) is 7. The van der Waals surface area contributed by atoms with E-state index in [0.717, 1.165) is 24.9 Å². The number of ether oxygens (including phenoxy) is 2. The Morgan fingerprint density at radius 2 is 1.90 bits per heavy atom. The molecule has 0 aliphatic heterocycles. The number of halogens is 2. The number of nitrogens with zero attached hydrogens (tertiary/aromatic N) is 1. The van der Waals surface area contributed by atoms with Crippen molar-refractivity contribution in [1.29, 1.82) is 0 Å². The molecule has 11 heteroatoms. The Hall–Kier alpha value is -3.21. The molecule has 0 aliphatic carbocycles. The van der Waals surface area contributed by atoms with Gasteiger partial charge >= 0.3 is 11.7 Å². The van der Waals surface area contributed by atoms with E-state index >= 15 is 0 Å². The van der Waals surface area contributed by atoms with Crippen molar-refractivity contribution < 1.29 is 32.8 Å². The molecule has 0 bridgehead atoms. The second-order valence-corrected chi connectivity index (χ2v) is 6.59. The standard InChI is InChI=1S/C18H16F2N2O6S/c1-27-16-4-3-10(5-15(16)22(25)26)8-29-9-17(23)21-14-6-11(18(24)28-2)12(19)7-13(14)20/h3-7H,8-9H2,1-2H3,(H,21,23). The molecule has 0 unspecified atom stereocenters. The van der Waals surface area contributed by atoms with E-state index in [0.29, 0.717) is 11.6 Å². The fraction of sp³-hybridized carbons (Fsp3) is 0.222. The minimum absolute atomic E-state index is 0.107. The van der Waals surface area contributed by atoms with Gasteiger partial charge in [0.05, 0.1) is 36.1 Å². The summed E-state index contributed by atoms with van der Waals surface area (Å²) in [5.74, 6) is -3.47. The molecule has 0 aliphatic rings. The molecule has 0 fully saturated rings. The van der Waals surface area contributed by atoms with E-state index in [1.54, 1.807) is 6.07 Å². The average Bonchev–Trinajstić information content (AvgIpc) is 2.69. The maximum atomic E-state index is 13.8. The maximum Gasteiger partial charge on any atom is 0.340 e. The van der Waals surface area contributed by atoms with Crippen molar-refractivity contribution in [3.05, 3.63) is 63.2 Å². The number of methoxy groups -OCH3 is 2. The first-order valence-corrected chi connectivity index (χ1v) is 9.18. The molecule has 2 aromatic carbocycles. The number of nitrogens with one attached hydrogen (secondary N) is 1. The Morgan fingerprint density at radius 1 is 1.17 bits per heavy atom. The van der Waals surface area contributed by atoms with Crippen LogP contribution >= 0.6 is 11.8 Å². The van der Waals surface area contributed by atoms with Crippen LogP contribution in [0.3, 0.4) is 0 Å². The molecule has 0 saturated carbocycles. The Morgan fingerprint density at radius 3 is 2.52 bits per heavy atom. The zero-order chi connectivity index (χ0) is 21.6. The molecule has 0 atom stereocenters. The van der Waals surface area contributed by atoms with Crippen LogP contribution in [0.5, 0.6) is 5.75 Å². The molecule has 1 amide bonds. The first-order chi connectivity index (χ1) is 13.8. The van der Waals surface area contributed by atoms with Gasteiger partial charge in [-0.15, -0.1) is 11.8 Å². The molecule has 0 saturated heterocycles. The molecule has 154 valence electrons. The van der Waals surface area contributed by atoms with Crippen molar-refractivity contribution in [3.8, 4) is 5.75 Å². The smallest absolute Gasteiger partial charge is 0.340 e. The van der Waals surface area contributed by atoms with E-state index in [1.165, 1.54) is 19.2 Å². The molecular weight excluding hydrogens is 410 g/mol. The summed E-state index contributed by atoms with van der Waals surface area (Å²) in [4.78, 5) is 34.0. The number of nitro groups is 1. The van der Waals surface area contributed by atoms with E-state index in [-0.39, 0.29) is 28.6 Å². The molecule has 0 spiro atoms. The number of esters is 1. The van der Waals surface area contributed by atoms with Gasteiger partial charge in [0.1, 0.15) is 11.6 Å². The minimum atomic E-state index is -1.11. The number of carbonyl (C=O) groups is 2. The Labute approximate surface area is 168 Å². The van der Waals surface area contributed by atoms with Gasteiger partial charge in [-0.2, -0.15) is 0 Å². The van der Waals surface area contributed by atoms with Gasteiger partial charge in [-0.1, -0.05) is 6.07 Å². The second kappa shape index (κ2) is 9.82. The molecule has 0 radical (unpaired) electrons. The number of thioether (sulfide) groups is 1. The lowest BCUT2D eigenvalue weighted by Gasteiger charge is -2.09. The molecule has 29 heavy (non-hydrogen) atoms. The first kappa shape index (κ1) is 22.1. The molecular formula is C18H16F2N2O6S. The fourth-order valence-corrected chi connectivity index (χ4v) is 3.10. The molecule has 0 heterocycles. The quantitative estimate of drug-likeness (QED) is 0.391. The minimum Gasteiger partial charge on any atom is -0.490 e. The summed E-state index contributed by atoms with van der Waals surface area (Å²) in [6.07, 6.45) is 0. The summed E-state index contributed by atoms with van der Waals surface area (Å²) in [5.41, 5.74) is -0.477. The third-order valence-electron chi connectivity index (χ3n) is 3.68. The van der Waals surface area contributed by atoms with Gasteiger partial charge in [-0.05, 0) is 17.7 Å². The van der Waals surface area contributed by atoms with Crippen molar-refractivity contribution >= 4 is 35.0 Å². The largest absolute Gasteiger partial charge is 0.490 e. The van der Waals surface area contributed by atoms with E-state index in [4.69, 9.17) is 4.74 Å². The Balaban J connectivity index is 2.00. The fourth-order valence-electron chi connectivity index (χ4n) is 2.33. The summed E-state index contributed by atoms with van der Waals surface area (Å²) < 4.78 is 36.8. The summed E-state index contributed by atoms with van der Waals surface area (Å²) in [7, 11) is 2.37. The number of nitro benzene ring substituents is 1. The van der Waals surface area contributed by atoms with E-state index in [2.05, 4.69) is 10.1 Å². The van der Waals surface area contributed by atoms with Crippen LogP contribution in [0.2, 0.25) is 0 Å². The van der Waals surface area contributed by atoms with Gasteiger partial charge in [0, 0.05) is 17.9 Å². The second-order valence-electron chi connectivity index (χ2n) is 5.61. The number of benzene rings is 2. The summed E-state index contributed by atoms with van der Waals surface area (Å²) in [5, 5.41) is 13.3. The average molecular weight is 426 g/mol.